The van der Waals surface area contributed by atoms with Gasteiger partial charge in [0.05, 0.1) is 23.1 Å². The molecule has 0 spiro atoms. The van der Waals surface area contributed by atoms with Crippen LogP contribution >= 0.6 is 0 Å². The van der Waals surface area contributed by atoms with Crippen LogP contribution in [0.3, 0.4) is 0 Å². The molecule has 0 bridgehead atoms. The Kier molecular flexibility index (Phi) is 3.06. The Labute approximate surface area is 112 Å². The van der Waals surface area contributed by atoms with Crippen molar-refractivity contribution in [2.24, 2.45) is 0 Å². The van der Waals surface area contributed by atoms with Crippen LogP contribution in [0.25, 0.3) is 0 Å². The van der Waals surface area contributed by atoms with Crippen LogP contribution < -0.4 is 10.2 Å². The summed E-state index contributed by atoms with van der Waals surface area (Å²) in [5.41, 5.74) is 2.34. The number of anilines is 2. The first-order chi connectivity index (χ1) is 9.16. The molecule has 0 radical (unpaired) electrons. The van der Waals surface area contributed by atoms with Gasteiger partial charge in [-0.15, -0.1) is 0 Å². The lowest BCUT2D eigenvalue weighted by atomic mass is 10.1. The van der Waals surface area contributed by atoms with Gasteiger partial charge in [0.25, 0.3) is 0 Å². The monoisotopic (exact) mass is 262 g/mol. The summed E-state index contributed by atoms with van der Waals surface area (Å²) in [6.07, 6.45) is 2.24. The zero-order valence-corrected chi connectivity index (χ0v) is 10.9. The van der Waals surface area contributed by atoms with Crippen molar-refractivity contribution in [3.8, 4) is 0 Å². The lowest BCUT2D eigenvalue weighted by molar-refractivity contribution is 0.0697. The van der Waals surface area contributed by atoms with Crippen LogP contribution in [0.15, 0.2) is 18.2 Å². The van der Waals surface area contributed by atoms with Crippen LogP contribution in [-0.4, -0.2) is 36.5 Å². The summed E-state index contributed by atoms with van der Waals surface area (Å²) < 4.78 is 5.41. The lowest BCUT2D eigenvalue weighted by Gasteiger charge is -2.35. The minimum atomic E-state index is -0.887. The van der Waals surface area contributed by atoms with Gasteiger partial charge < -0.3 is 20.1 Å². The molecule has 1 saturated heterocycles. The molecule has 0 amide bonds. The van der Waals surface area contributed by atoms with Gasteiger partial charge >= 0.3 is 5.97 Å². The number of hydrogen-bond acceptors (Lipinski definition) is 4. The Morgan fingerprint density at radius 2 is 2.16 bits per heavy atom. The molecule has 1 aromatic carbocycles. The normalized spacial score (nSPS) is 23.0. The molecule has 5 nitrogen and oxygen atoms in total. The molecular weight excluding hydrogens is 244 g/mol. The molecule has 19 heavy (non-hydrogen) atoms. The summed E-state index contributed by atoms with van der Waals surface area (Å²) in [7, 11) is 0. The highest BCUT2D eigenvalue weighted by Crippen LogP contribution is 2.38. The zero-order chi connectivity index (χ0) is 13.4. The van der Waals surface area contributed by atoms with E-state index in [0.717, 1.165) is 37.4 Å². The van der Waals surface area contributed by atoms with E-state index in [1.807, 2.05) is 6.07 Å². The molecule has 2 aliphatic heterocycles. The number of carbonyl (C=O) groups is 1. The minimum absolute atomic E-state index is 0.196. The number of carboxylic acid groups (broad SMARTS) is 1. The van der Waals surface area contributed by atoms with Gasteiger partial charge in [-0.2, -0.15) is 0 Å². The van der Waals surface area contributed by atoms with Gasteiger partial charge in [0, 0.05) is 19.3 Å². The summed E-state index contributed by atoms with van der Waals surface area (Å²) >= 11 is 0. The Hall–Kier alpha value is -1.75. The molecule has 3 rings (SSSR count). The smallest absolute Gasteiger partial charge is 0.335 e. The number of nitrogens with one attached hydrogen (secondary N) is 1. The predicted octanol–water partition coefficient (Wildman–Crippen LogP) is 2.14. The Balaban J connectivity index is 1.91. The molecule has 0 aliphatic carbocycles. The van der Waals surface area contributed by atoms with Gasteiger partial charge in [-0.25, -0.2) is 4.79 Å². The van der Waals surface area contributed by atoms with Gasteiger partial charge in [-0.05, 0) is 38.0 Å². The number of benzene rings is 1. The van der Waals surface area contributed by atoms with Gasteiger partial charge in [0.15, 0.2) is 0 Å². The summed E-state index contributed by atoms with van der Waals surface area (Å²) in [5, 5.41) is 12.4. The summed E-state index contributed by atoms with van der Waals surface area (Å²) in [6, 6.07) is 5.76. The first-order valence-electron chi connectivity index (χ1n) is 6.67. The molecule has 2 N–H and O–H groups in total. The highest BCUT2D eigenvalue weighted by molar-refractivity contribution is 5.91. The van der Waals surface area contributed by atoms with Crippen molar-refractivity contribution >= 4 is 17.3 Å². The second-order valence-electron chi connectivity index (χ2n) is 5.11. The zero-order valence-electron chi connectivity index (χ0n) is 10.9. The molecule has 2 heterocycles. The highest BCUT2D eigenvalue weighted by Gasteiger charge is 2.32. The maximum absolute atomic E-state index is 11.0. The van der Waals surface area contributed by atoms with Crippen molar-refractivity contribution in [2.45, 2.75) is 32.0 Å². The fourth-order valence-electron chi connectivity index (χ4n) is 2.99. The van der Waals surface area contributed by atoms with Crippen LogP contribution in [0.5, 0.6) is 0 Å². The first-order valence-corrected chi connectivity index (χ1v) is 6.67. The fourth-order valence-corrected chi connectivity index (χ4v) is 2.99. The summed E-state index contributed by atoms with van der Waals surface area (Å²) in [4.78, 5) is 13.4. The molecule has 0 saturated carbocycles. The molecular formula is C14H18N2O3. The van der Waals surface area contributed by atoms with Crippen molar-refractivity contribution in [1.82, 2.24) is 0 Å². The first kappa shape index (κ1) is 12.3. The topological polar surface area (TPSA) is 61.8 Å². The second-order valence-corrected chi connectivity index (χ2v) is 5.11. The molecule has 5 heteroatoms. The minimum Gasteiger partial charge on any atom is -0.478 e. The van der Waals surface area contributed by atoms with E-state index < -0.39 is 5.97 Å². The van der Waals surface area contributed by atoms with E-state index in [1.165, 1.54) is 0 Å². The lowest BCUT2D eigenvalue weighted by Crippen LogP contribution is -2.44. The summed E-state index contributed by atoms with van der Waals surface area (Å²) in [6.45, 7) is 3.71. The molecule has 102 valence electrons. The molecule has 1 fully saturated rings. The molecule has 1 aromatic rings. The number of carboxylic acids is 1. The average Bonchev–Trinajstić information content (AvgIpc) is 2.74. The number of hydrogen-bond donors (Lipinski definition) is 2. The number of ether oxygens (including phenoxy) is 1. The molecule has 2 aliphatic rings. The van der Waals surface area contributed by atoms with E-state index >= 15 is 0 Å². The molecule has 1 atom stereocenters. The third kappa shape index (κ3) is 2.14. The largest absolute Gasteiger partial charge is 0.478 e. The van der Waals surface area contributed by atoms with Crippen molar-refractivity contribution in [2.75, 3.05) is 23.4 Å². The maximum Gasteiger partial charge on any atom is 0.335 e. The number of aromatic carboxylic acids is 1. The standard InChI is InChI=1S/C14H18N2O3/c1-9-15-12-8-10(14(17)18)2-3-13(12)16(9)11-4-6-19-7-5-11/h2-3,8-9,11,15H,4-7H2,1H3,(H,17,18). The van der Waals surface area contributed by atoms with Crippen molar-refractivity contribution in [3.05, 3.63) is 23.8 Å². The highest BCUT2D eigenvalue weighted by atomic mass is 16.5. The van der Waals surface area contributed by atoms with E-state index in [0.29, 0.717) is 11.6 Å². The van der Waals surface area contributed by atoms with E-state index in [4.69, 9.17) is 9.84 Å². The third-order valence-corrected chi connectivity index (χ3v) is 3.89. The number of fused-ring (bicyclic) bond motifs is 1. The SMILES string of the molecule is CC1Nc2cc(C(=O)O)ccc2N1C1CCOCC1. The molecule has 0 aromatic heterocycles. The Morgan fingerprint density at radius 3 is 2.84 bits per heavy atom. The van der Waals surface area contributed by atoms with Crippen LogP contribution in [0.4, 0.5) is 11.4 Å². The van der Waals surface area contributed by atoms with E-state index in [2.05, 4.69) is 17.1 Å². The number of rotatable bonds is 2. The second kappa shape index (κ2) is 4.74. The van der Waals surface area contributed by atoms with Gasteiger partial charge in [0.1, 0.15) is 0 Å². The van der Waals surface area contributed by atoms with Crippen molar-refractivity contribution < 1.29 is 14.6 Å². The average molecular weight is 262 g/mol. The van der Waals surface area contributed by atoms with Crippen molar-refractivity contribution in [1.29, 1.82) is 0 Å². The van der Waals surface area contributed by atoms with Gasteiger partial charge in [-0.1, -0.05) is 0 Å². The number of nitrogens with zero attached hydrogens (tertiary/aromatic N) is 1. The summed E-state index contributed by atoms with van der Waals surface area (Å²) in [5.74, 6) is -0.887. The van der Waals surface area contributed by atoms with Gasteiger partial charge in [-0.3, -0.25) is 0 Å². The van der Waals surface area contributed by atoms with Crippen LogP contribution in [0, 0.1) is 0 Å². The van der Waals surface area contributed by atoms with E-state index in [-0.39, 0.29) is 6.17 Å². The van der Waals surface area contributed by atoms with Crippen LogP contribution in [-0.2, 0) is 4.74 Å². The van der Waals surface area contributed by atoms with Crippen LogP contribution in [0.2, 0.25) is 0 Å². The van der Waals surface area contributed by atoms with Gasteiger partial charge in [0.2, 0.25) is 0 Å². The van der Waals surface area contributed by atoms with E-state index in [1.54, 1.807) is 12.1 Å². The fraction of sp³-hybridized carbons (Fsp3) is 0.500. The Bertz CT molecular complexity index is 497. The maximum atomic E-state index is 11.0. The third-order valence-electron chi connectivity index (χ3n) is 3.89. The Morgan fingerprint density at radius 1 is 1.42 bits per heavy atom. The van der Waals surface area contributed by atoms with Crippen molar-refractivity contribution in [3.63, 3.8) is 0 Å². The molecule has 1 unspecified atom stereocenters. The predicted molar refractivity (Wildman–Crippen MR) is 72.8 cm³/mol. The quantitative estimate of drug-likeness (QED) is 0.855. The van der Waals surface area contributed by atoms with E-state index in [9.17, 15) is 4.79 Å². The van der Waals surface area contributed by atoms with Crippen LogP contribution in [0.1, 0.15) is 30.1 Å².